The van der Waals surface area contributed by atoms with Gasteiger partial charge in [-0.05, 0) is 34.5 Å². The fourth-order valence-electron chi connectivity index (χ4n) is 1.87. The van der Waals surface area contributed by atoms with Gasteiger partial charge in [0.1, 0.15) is 0 Å². The van der Waals surface area contributed by atoms with Crippen LogP contribution < -0.4 is 0 Å². The van der Waals surface area contributed by atoms with Crippen molar-refractivity contribution in [1.82, 2.24) is 0 Å². The van der Waals surface area contributed by atoms with Gasteiger partial charge >= 0.3 is 0 Å². The number of thiophene rings is 2. The lowest BCUT2D eigenvalue weighted by molar-refractivity contribution is 1.46. The highest BCUT2D eigenvalue weighted by molar-refractivity contribution is 8.01. The summed E-state index contributed by atoms with van der Waals surface area (Å²) in [7, 11) is 0. The van der Waals surface area contributed by atoms with Gasteiger partial charge in [-0.15, -0.1) is 22.7 Å². The number of hydrogen-bond acceptors (Lipinski definition) is 3. The molecular weight excluding hydrogens is 288 g/mol. The van der Waals surface area contributed by atoms with Gasteiger partial charge in [-0.2, -0.15) is 0 Å². The molecule has 0 saturated heterocycles. The Balaban J connectivity index is 2.04. The first-order valence-electron chi connectivity index (χ1n) is 5.89. The molecule has 0 N–H and O–H groups in total. The lowest BCUT2D eigenvalue weighted by Gasteiger charge is -2.07. The van der Waals surface area contributed by atoms with E-state index in [2.05, 4.69) is 59.8 Å². The molecule has 0 unspecified atom stereocenters. The van der Waals surface area contributed by atoms with Crippen molar-refractivity contribution in [3.8, 4) is 10.4 Å². The molecule has 1 aromatic carbocycles. The first-order chi connectivity index (χ1) is 9.38. The van der Waals surface area contributed by atoms with E-state index >= 15 is 0 Å². The molecule has 2 aromatic heterocycles. The fourth-order valence-corrected chi connectivity index (χ4v) is 4.75. The summed E-state index contributed by atoms with van der Waals surface area (Å²) >= 11 is 5.38. The summed E-state index contributed by atoms with van der Waals surface area (Å²) < 4.78 is 1.32. The molecule has 0 radical (unpaired) electrons. The van der Waals surface area contributed by atoms with Crippen LogP contribution in [0.1, 0.15) is 5.56 Å². The molecule has 0 amide bonds. The highest BCUT2D eigenvalue weighted by atomic mass is 32.2. The predicted molar refractivity (Wildman–Crippen MR) is 88.3 cm³/mol. The fraction of sp³-hybridized carbons (Fsp3) is 0. The van der Waals surface area contributed by atoms with Crippen LogP contribution in [0.5, 0.6) is 0 Å². The van der Waals surface area contributed by atoms with Crippen molar-refractivity contribution in [3.63, 3.8) is 0 Å². The number of rotatable bonds is 4. The Hall–Kier alpha value is -1.29. The Kier molecular flexibility index (Phi) is 3.87. The Morgan fingerprint density at radius 3 is 2.63 bits per heavy atom. The second-order valence-electron chi connectivity index (χ2n) is 3.94. The maximum atomic E-state index is 3.90. The van der Waals surface area contributed by atoms with Crippen LogP contribution in [0, 0.1) is 0 Å². The molecule has 0 nitrogen and oxygen atoms in total. The van der Waals surface area contributed by atoms with Gasteiger partial charge in [-0.3, -0.25) is 0 Å². The number of hydrogen-bond donors (Lipinski definition) is 0. The standard InChI is InChI=1S/C16H12S3/c1-2-12-9-11-18-16(12)13-6-3-4-7-14(13)19-15-8-5-10-17-15/h2-11H,1H2. The average Bonchev–Trinajstić information content (AvgIpc) is 3.09. The van der Waals surface area contributed by atoms with Crippen LogP contribution in [-0.4, -0.2) is 0 Å². The van der Waals surface area contributed by atoms with Crippen LogP contribution in [0.3, 0.4) is 0 Å². The maximum Gasteiger partial charge on any atom is 0.0646 e. The minimum atomic E-state index is 1.21. The first kappa shape index (κ1) is 12.7. The highest BCUT2D eigenvalue weighted by Gasteiger charge is 2.10. The molecule has 3 heteroatoms. The van der Waals surface area contributed by atoms with Crippen LogP contribution in [0.15, 0.2) is 68.9 Å². The summed E-state index contributed by atoms with van der Waals surface area (Å²) in [5, 5.41) is 4.24. The van der Waals surface area contributed by atoms with Gasteiger partial charge in [0.05, 0.1) is 4.21 Å². The van der Waals surface area contributed by atoms with E-state index < -0.39 is 0 Å². The molecule has 0 saturated carbocycles. The summed E-state index contributed by atoms with van der Waals surface area (Å²) in [6.07, 6.45) is 1.93. The normalized spacial score (nSPS) is 10.5. The third-order valence-electron chi connectivity index (χ3n) is 2.75. The van der Waals surface area contributed by atoms with E-state index in [4.69, 9.17) is 0 Å². The minimum absolute atomic E-state index is 1.21. The van der Waals surface area contributed by atoms with Crippen molar-refractivity contribution in [1.29, 1.82) is 0 Å². The zero-order valence-corrected chi connectivity index (χ0v) is 12.7. The molecule has 2 heterocycles. The van der Waals surface area contributed by atoms with Gasteiger partial charge in [0.25, 0.3) is 0 Å². The van der Waals surface area contributed by atoms with Crippen LogP contribution in [0.4, 0.5) is 0 Å². The third kappa shape index (κ3) is 2.68. The number of benzene rings is 1. The Bertz CT molecular complexity index is 678. The van der Waals surface area contributed by atoms with Gasteiger partial charge in [-0.1, -0.05) is 48.7 Å². The predicted octanol–water partition coefficient (Wildman–Crippen LogP) is 6.27. The molecular formula is C16H12S3. The van der Waals surface area contributed by atoms with E-state index in [-0.39, 0.29) is 0 Å². The van der Waals surface area contributed by atoms with Gasteiger partial charge in [-0.25, -0.2) is 0 Å². The second-order valence-corrected chi connectivity index (χ2v) is 7.15. The molecule has 0 fully saturated rings. The smallest absolute Gasteiger partial charge is 0.0646 e. The molecule has 94 valence electrons. The van der Waals surface area contributed by atoms with Crippen molar-refractivity contribution in [3.05, 3.63) is 65.4 Å². The van der Waals surface area contributed by atoms with Crippen LogP contribution in [0.25, 0.3) is 16.5 Å². The molecule has 0 bridgehead atoms. The quantitative estimate of drug-likeness (QED) is 0.547. The lowest BCUT2D eigenvalue weighted by Crippen LogP contribution is -1.80. The molecule has 0 atom stereocenters. The maximum absolute atomic E-state index is 3.90. The van der Waals surface area contributed by atoms with Crippen LogP contribution in [-0.2, 0) is 0 Å². The van der Waals surface area contributed by atoms with Gasteiger partial charge in [0.15, 0.2) is 0 Å². The van der Waals surface area contributed by atoms with Crippen molar-refractivity contribution < 1.29 is 0 Å². The Morgan fingerprint density at radius 1 is 0.947 bits per heavy atom. The molecule has 0 aliphatic rings. The Morgan fingerprint density at radius 2 is 1.84 bits per heavy atom. The van der Waals surface area contributed by atoms with Crippen molar-refractivity contribution >= 4 is 40.5 Å². The summed E-state index contributed by atoms with van der Waals surface area (Å²) in [6, 6.07) is 15.0. The lowest BCUT2D eigenvalue weighted by atomic mass is 10.1. The molecule has 19 heavy (non-hydrogen) atoms. The molecule has 0 aliphatic carbocycles. The molecule has 3 aromatic rings. The van der Waals surface area contributed by atoms with E-state index in [9.17, 15) is 0 Å². The monoisotopic (exact) mass is 300 g/mol. The Labute approximate surface area is 125 Å². The van der Waals surface area contributed by atoms with E-state index in [0.717, 1.165) is 0 Å². The topological polar surface area (TPSA) is 0 Å². The van der Waals surface area contributed by atoms with Gasteiger partial charge in [0, 0.05) is 15.3 Å². The average molecular weight is 300 g/mol. The SMILES string of the molecule is C=Cc1ccsc1-c1ccccc1Sc1cccs1. The minimum Gasteiger partial charge on any atom is -0.143 e. The van der Waals surface area contributed by atoms with Crippen molar-refractivity contribution in [2.24, 2.45) is 0 Å². The van der Waals surface area contributed by atoms with Crippen molar-refractivity contribution in [2.45, 2.75) is 9.10 Å². The summed E-state index contributed by atoms with van der Waals surface area (Å²) in [4.78, 5) is 2.60. The van der Waals surface area contributed by atoms with E-state index in [0.29, 0.717) is 0 Å². The third-order valence-corrected chi connectivity index (χ3v) is 5.83. The first-order valence-corrected chi connectivity index (χ1v) is 8.47. The van der Waals surface area contributed by atoms with Crippen molar-refractivity contribution in [2.75, 3.05) is 0 Å². The molecule has 0 aliphatic heterocycles. The van der Waals surface area contributed by atoms with E-state index in [1.807, 2.05) is 17.8 Å². The van der Waals surface area contributed by atoms with Gasteiger partial charge < -0.3 is 0 Å². The zero-order valence-electron chi connectivity index (χ0n) is 10.2. The summed E-state index contributed by atoms with van der Waals surface area (Å²) in [5.74, 6) is 0. The largest absolute Gasteiger partial charge is 0.143 e. The zero-order chi connectivity index (χ0) is 13.1. The molecule has 3 rings (SSSR count). The second kappa shape index (κ2) is 5.78. The van der Waals surface area contributed by atoms with E-state index in [1.54, 1.807) is 22.7 Å². The van der Waals surface area contributed by atoms with Crippen LogP contribution >= 0.6 is 34.4 Å². The highest BCUT2D eigenvalue weighted by Crippen LogP contribution is 2.40. The van der Waals surface area contributed by atoms with E-state index in [1.165, 1.54) is 25.1 Å². The molecule has 0 spiro atoms. The van der Waals surface area contributed by atoms with Crippen LogP contribution in [0.2, 0.25) is 0 Å². The summed E-state index contributed by atoms with van der Waals surface area (Å²) in [5.41, 5.74) is 2.51. The summed E-state index contributed by atoms with van der Waals surface area (Å²) in [6.45, 7) is 3.90. The van der Waals surface area contributed by atoms with Gasteiger partial charge in [0.2, 0.25) is 0 Å².